The summed E-state index contributed by atoms with van der Waals surface area (Å²) in [5, 5.41) is 9.80. The minimum Gasteiger partial charge on any atom is -0.477 e. The minimum absolute atomic E-state index is 0.120. The average Bonchev–Trinajstić information content (AvgIpc) is 2.66. The van der Waals surface area contributed by atoms with Crippen LogP contribution in [0.5, 0.6) is 0 Å². The monoisotopic (exact) mass is 373 g/mol. The van der Waals surface area contributed by atoms with Crippen LogP contribution in [0.15, 0.2) is 22.7 Å². The maximum absolute atomic E-state index is 11.3. The highest BCUT2D eigenvalue weighted by Gasteiger charge is 2.24. The molecule has 0 atom stereocenters. The summed E-state index contributed by atoms with van der Waals surface area (Å²) < 4.78 is 0.875. The molecule has 20 heavy (non-hydrogen) atoms. The highest BCUT2D eigenvalue weighted by Crippen LogP contribution is 2.45. The van der Waals surface area contributed by atoms with Gasteiger partial charge in [0.25, 0.3) is 0 Å². The smallest absolute Gasteiger partial charge is 0.348 e. The van der Waals surface area contributed by atoms with E-state index in [2.05, 4.69) is 15.9 Å². The first-order valence-electron chi connectivity index (χ1n) is 5.93. The maximum atomic E-state index is 11.3. The van der Waals surface area contributed by atoms with Gasteiger partial charge in [0, 0.05) is 14.9 Å². The second-order valence-electron chi connectivity index (χ2n) is 4.67. The van der Waals surface area contributed by atoms with Crippen LogP contribution in [0.3, 0.4) is 0 Å². The summed E-state index contributed by atoms with van der Waals surface area (Å²) in [6, 6.07) is 5.54. The number of halogens is 2. The summed E-state index contributed by atoms with van der Waals surface area (Å²) in [5.74, 6) is -0.886. The highest BCUT2D eigenvalue weighted by atomic mass is 79.9. The lowest BCUT2D eigenvalue weighted by Gasteiger charge is -2.10. The summed E-state index contributed by atoms with van der Waals surface area (Å²) in [5.41, 5.74) is 7.99. The van der Waals surface area contributed by atoms with Crippen molar-refractivity contribution in [2.45, 2.75) is 19.8 Å². The zero-order valence-electron chi connectivity index (χ0n) is 10.9. The molecule has 3 nitrogen and oxygen atoms in total. The van der Waals surface area contributed by atoms with Crippen LogP contribution in [0, 0.1) is 0 Å². The van der Waals surface area contributed by atoms with E-state index in [9.17, 15) is 9.90 Å². The Morgan fingerprint density at radius 1 is 1.45 bits per heavy atom. The average molecular weight is 375 g/mol. The van der Waals surface area contributed by atoms with Crippen molar-refractivity contribution in [3.63, 3.8) is 0 Å². The quantitative estimate of drug-likeness (QED) is 0.772. The lowest BCUT2D eigenvalue weighted by molar-refractivity contribution is 0.0703. The van der Waals surface area contributed by atoms with Crippen molar-refractivity contribution < 1.29 is 9.90 Å². The molecule has 0 amide bonds. The summed E-state index contributed by atoms with van der Waals surface area (Å²) in [7, 11) is 0. The van der Waals surface area contributed by atoms with Gasteiger partial charge in [-0.3, -0.25) is 0 Å². The van der Waals surface area contributed by atoms with Crippen molar-refractivity contribution in [3.8, 4) is 10.4 Å². The highest BCUT2D eigenvalue weighted by molar-refractivity contribution is 9.10. The van der Waals surface area contributed by atoms with Crippen LogP contribution in [-0.4, -0.2) is 11.1 Å². The van der Waals surface area contributed by atoms with Crippen molar-refractivity contribution in [2.24, 2.45) is 0 Å². The van der Waals surface area contributed by atoms with Gasteiger partial charge in [-0.25, -0.2) is 4.79 Å². The van der Waals surface area contributed by atoms with Crippen molar-refractivity contribution in [2.75, 3.05) is 5.73 Å². The molecule has 0 fully saturated rings. The van der Waals surface area contributed by atoms with Crippen LogP contribution >= 0.6 is 38.9 Å². The lowest BCUT2D eigenvalue weighted by atomic mass is 9.98. The molecule has 0 radical (unpaired) electrons. The second kappa shape index (κ2) is 5.76. The molecule has 0 unspecified atom stereocenters. The Labute approximate surface area is 134 Å². The largest absolute Gasteiger partial charge is 0.477 e. The number of aromatic carboxylic acids is 1. The van der Waals surface area contributed by atoms with E-state index in [4.69, 9.17) is 17.3 Å². The molecule has 0 aliphatic carbocycles. The van der Waals surface area contributed by atoms with Crippen molar-refractivity contribution >= 4 is 50.5 Å². The SMILES string of the molecule is CC(C)c1c(-c2ccc(Br)cc2Cl)sc(C(=O)O)c1N. The molecule has 0 bridgehead atoms. The molecule has 2 aromatic rings. The minimum atomic E-state index is -1.01. The standard InChI is InChI=1S/C14H13BrClNO2S/c1-6(2)10-11(17)13(14(18)19)20-12(10)8-4-3-7(15)5-9(8)16/h3-6H,17H2,1-2H3,(H,18,19). The van der Waals surface area contributed by atoms with E-state index >= 15 is 0 Å². The topological polar surface area (TPSA) is 63.3 Å². The Bertz CT molecular complexity index is 682. The Morgan fingerprint density at radius 2 is 2.10 bits per heavy atom. The van der Waals surface area contributed by atoms with Gasteiger partial charge in [0.1, 0.15) is 4.88 Å². The number of nitrogens with two attached hydrogens (primary N) is 1. The number of carboxylic acids is 1. The lowest BCUT2D eigenvalue weighted by Crippen LogP contribution is -2.00. The van der Waals surface area contributed by atoms with Crippen LogP contribution in [0.4, 0.5) is 5.69 Å². The van der Waals surface area contributed by atoms with Gasteiger partial charge in [-0.15, -0.1) is 11.3 Å². The number of hydrogen-bond donors (Lipinski definition) is 2. The van der Waals surface area contributed by atoms with Gasteiger partial charge in [0.2, 0.25) is 0 Å². The first-order valence-corrected chi connectivity index (χ1v) is 7.92. The Hall–Kier alpha value is -1.04. The van der Waals surface area contributed by atoms with Gasteiger partial charge >= 0.3 is 5.97 Å². The number of carboxylic acid groups (broad SMARTS) is 1. The molecule has 3 N–H and O–H groups in total. The van der Waals surface area contributed by atoms with Gasteiger partial charge in [0.05, 0.1) is 10.7 Å². The first-order chi connectivity index (χ1) is 9.32. The predicted molar refractivity (Wildman–Crippen MR) is 87.9 cm³/mol. The Balaban J connectivity index is 2.73. The zero-order chi connectivity index (χ0) is 15.0. The van der Waals surface area contributed by atoms with Crippen LogP contribution in [0.1, 0.15) is 35.0 Å². The number of carbonyl (C=O) groups is 1. The van der Waals surface area contributed by atoms with Crippen LogP contribution in [0.25, 0.3) is 10.4 Å². The van der Waals surface area contributed by atoms with Gasteiger partial charge in [-0.1, -0.05) is 47.4 Å². The summed E-state index contributed by atoms with van der Waals surface area (Å²) >= 11 is 10.8. The third-order valence-electron chi connectivity index (χ3n) is 2.93. The molecule has 0 saturated carbocycles. The van der Waals surface area contributed by atoms with E-state index in [1.165, 1.54) is 11.3 Å². The molecule has 1 aromatic heterocycles. The predicted octanol–water partition coefficient (Wildman–Crippen LogP) is 5.23. The van der Waals surface area contributed by atoms with Crippen molar-refractivity contribution in [3.05, 3.63) is 38.1 Å². The molecule has 1 aromatic carbocycles. The van der Waals surface area contributed by atoms with E-state index < -0.39 is 5.97 Å². The van der Waals surface area contributed by atoms with Crippen molar-refractivity contribution in [1.82, 2.24) is 0 Å². The van der Waals surface area contributed by atoms with E-state index in [0.717, 1.165) is 20.5 Å². The zero-order valence-corrected chi connectivity index (χ0v) is 14.1. The number of benzene rings is 1. The molecule has 0 aliphatic rings. The Kier molecular flexibility index (Phi) is 4.42. The van der Waals surface area contributed by atoms with E-state index in [0.29, 0.717) is 10.7 Å². The van der Waals surface area contributed by atoms with Crippen LogP contribution < -0.4 is 5.73 Å². The van der Waals surface area contributed by atoms with E-state index in [1.807, 2.05) is 26.0 Å². The van der Waals surface area contributed by atoms with Gasteiger partial charge in [0.15, 0.2) is 0 Å². The van der Waals surface area contributed by atoms with Gasteiger partial charge in [-0.05, 0) is 23.6 Å². The van der Waals surface area contributed by atoms with Gasteiger partial charge in [-0.2, -0.15) is 0 Å². The molecule has 0 saturated heterocycles. The molecule has 106 valence electrons. The van der Waals surface area contributed by atoms with Crippen molar-refractivity contribution in [1.29, 1.82) is 0 Å². The second-order valence-corrected chi connectivity index (χ2v) is 7.02. The fourth-order valence-corrected chi connectivity index (χ4v) is 4.14. The van der Waals surface area contributed by atoms with Crippen LogP contribution in [0.2, 0.25) is 5.02 Å². The number of nitrogen functional groups attached to an aromatic ring is 1. The molecule has 2 rings (SSSR count). The fraction of sp³-hybridized carbons (Fsp3) is 0.214. The summed E-state index contributed by atoms with van der Waals surface area (Å²) in [6.07, 6.45) is 0. The third kappa shape index (κ3) is 2.71. The summed E-state index contributed by atoms with van der Waals surface area (Å²) in [6.45, 7) is 3.97. The molecule has 6 heteroatoms. The number of thiophene rings is 1. The Morgan fingerprint density at radius 3 is 2.60 bits per heavy atom. The molecule has 0 aliphatic heterocycles. The number of rotatable bonds is 3. The molecular weight excluding hydrogens is 362 g/mol. The number of hydrogen-bond acceptors (Lipinski definition) is 3. The maximum Gasteiger partial charge on any atom is 0.348 e. The first kappa shape index (κ1) is 15.4. The molecular formula is C14H13BrClNO2S. The summed E-state index contributed by atoms with van der Waals surface area (Å²) in [4.78, 5) is 12.3. The van der Waals surface area contributed by atoms with Crippen LogP contribution in [-0.2, 0) is 0 Å². The molecule has 0 spiro atoms. The van der Waals surface area contributed by atoms with E-state index in [-0.39, 0.29) is 10.8 Å². The number of anilines is 1. The molecule has 1 heterocycles. The third-order valence-corrected chi connectivity index (χ3v) is 4.98. The fourth-order valence-electron chi connectivity index (χ4n) is 2.06. The van der Waals surface area contributed by atoms with Gasteiger partial charge < -0.3 is 10.8 Å². The van der Waals surface area contributed by atoms with E-state index in [1.54, 1.807) is 6.07 Å². The normalized spacial score (nSPS) is 11.1.